The van der Waals surface area contributed by atoms with Crippen molar-refractivity contribution in [1.82, 2.24) is 14.7 Å². The van der Waals surface area contributed by atoms with E-state index in [1.165, 1.54) is 80.2 Å². The largest absolute Gasteiger partial charge is 0.372 e. The Morgan fingerprint density at radius 2 is 1.07 bits per heavy atom. The highest BCUT2D eigenvalue weighted by Crippen LogP contribution is 2.58. The van der Waals surface area contributed by atoms with Crippen molar-refractivity contribution in [3.63, 3.8) is 0 Å². The minimum absolute atomic E-state index is 0.000506. The molecule has 7 fully saturated rings. The summed E-state index contributed by atoms with van der Waals surface area (Å²) >= 11 is 0. The summed E-state index contributed by atoms with van der Waals surface area (Å²) in [7, 11) is 0. The molecule has 60 heavy (non-hydrogen) atoms. The Labute approximate surface area is 360 Å². The second kappa shape index (κ2) is 16.8. The van der Waals surface area contributed by atoms with Gasteiger partial charge in [-0.25, -0.2) is 8.78 Å². The Kier molecular flexibility index (Phi) is 11.6. The van der Waals surface area contributed by atoms with Crippen molar-refractivity contribution < 1.29 is 13.5 Å². The molecule has 4 aliphatic heterocycles. The number of benzene rings is 3. The van der Waals surface area contributed by atoms with E-state index in [4.69, 9.17) is 4.74 Å². The Hall–Kier alpha value is -2.64. The lowest BCUT2D eigenvalue weighted by Crippen LogP contribution is -2.69. The van der Waals surface area contributed by atoms with Crippen molar-refractivity contribution in [3.8, 4) is 0 Å². The quantitative estimate of drug-likeness (QED) is 0.225. The van der Waals surface area contributed by atoms with Crippen molar-refractivity contribution in [2.45, 2.75) is 175 Å². The van der Waals surface area contributed by atoms with Crippen LogP contribution in [0.3, 0.4) is 0 Å². The van der Waals surface area contributed by atoms with Crippen molar-refractivity contribution in [2.24, 2.45) is 5.92 Å². The van der Waals surface area contributed by atoms with E-state index >= 15 is 8.78 Å². The number of nitrogens with zero attached hydrogens (tertiary/aromatic N) is 3. The van der Waals surface area contributed by atoms with Crippen molar-refractivity contribution in [3.05, 3.63) is 107 Å². The van der Waals surface area contributed by atoms with Gasteiger partial charge >= 0.3 is 0 Å². The summed E-state index contributed by atoms with van der Waals surface area (Å²) in [5.41, 5.74) is 5.24. The first kappa shape index (κ1) is 41.4. The highest BCUT2D eigenvalue weighted by atomic mass is 19.3. The molecule has 0 radical (unpaired) electrons. The van der Waals surface area contributed by atoms with Crippen LogP contribution in [0.4, 0.5) is 8.78 Å². The molecule has 4 unspecified atom stereocenters. The van der Waals surface area contributed by atoms with Gasteiger partial charge in [0.05, 0.1) is 17.7 Å². The van der Waals surface area contributed by atoms with E-state index in [9.17, 15) is 0 Å². The van der Waals surface area contributed by atoms with E-state index in [2.05, 4.69) is 100 Å². The van der Waals surface area contributed by atoms with Gasteiger partial charge in [-0.1, -0.05) is 124 Å². The van der Waals surface area contributed by atoms with Gasteiger partial charge in [0, 0.05) is 31.5 Å². The SMILES string of the molecule is CC1CCCC[C@]1(c1ccccc1)N1CCCC(c2cccc([C@]3(N4CCCC(c5cccc([C@]6(N7CCCCC7)CCCCC6(F)F)c5)C4)CCCCC34CCO4)c2)C1. The van der Waals surface area contributed by atoms with E-state index in [0.717, 1.165) is 103 Å². The molecule has 4 nitrogen and oxygen atoms in total. The van der Waals surface area contributed by atoms with Crippen molar-refractivity contribution in [2.75, 3.05) is 45.9 Å². The highest BCUT2D eigenvalue weighted by molar-refractivity contribution is 5.39. The van der Waals surface area contributed by atoms with Crippen molar-refractivity contribution in [1.29, 1.82) is 0 Å². The first-order valence-corrected chi connectivity index (χ1v) is 24.8. The van der Waals surface area contributed by atoms with Crippen LogP contribution in [0.2, 0.25) is 0 Å². The molecule has 4 saturated heterocycles. The predicted octanol–water partition coefficient (Wildman–Crippen LogP) is 12.7. The lowest BCUT2D eigenvalue weighted by molar-refractivity contribution is -0.252. The summed E-state index contributed by atoms with van der Waals surface area (Å²) in [6, 6.07) is 30.2. The second-order valence-corrected chi connectivity index (χ2v) is 20.7. The first-order valence-electron chi connectivity index (χ1n) is 24.8. The average Bonchev–Trinajstić information content (AvgIpc) is 3.29. The number of ether oxygens (including phenoxy) is 1. The number of alkyl halides is 2. The Morgan fingerprint density at radius 1 is 0.500 bits per heavy atom. The molecule has 7 aliphatic rings. The molecule has 3 aromatic carbocycles. The van der Waals surface area contributed by atoms with Gasteiger partial charge < -0.3 is 4.74 Å². The molecule has 0 amide bonds. The molecule has 0 bridgehead atoms. The smallest absolute Gasteiger partial charge is 0.270 e. The van der Waals surface area contributed by atoms with Gasteiger partial charge in [-0.15, -0.1) is 0 Å². The molecule has 3 saturated carbocycles. The zero-order valence-electron chi connectivity index (χ0n) is 36.8. The van der Waals surface area contributed by atoms with Gasteiger partial charge in [0.2, 0.25) is 0 Å². The first-order chi connectivity index (χ1) is 29.3. The zero-order chi connectivity index (χ0) is 40.8. The molecule has 324 valence electrons. The van der Waals surface area contributed by atoms with Gasteiger partial charge in [0.25, 0.3) is 5.92 Å². The maximum absolute atomic E-state index is 16.6. The van der Waals surface area contributed by atoms with Gasteiger partial charge in [0.15, 0.2) is 0 Å². The number of piperidine rings is 3. The molecule has 3 aromatic rings. The van der Waals surface area contributed by atoms with Crippen LogP contribution in [0.25, 0.3) is 0 Å². The second-order valence-electron chi connectivity index (χ2n) is 20.7. The van der Waals surface area contributed by atoms with Gasteiger partial charge in [-0.3, -0.25) is 14.7 Å². The Morgan fingerprint density at radius 3 is 1.72 bits per heavy atom. The van der Waals surface area contributed by atoms with E-state index in [-0.39, 0.29) is 23.1 Å². The molecule has 1 spiro atoms. The Bertz CT molecular complexity index is 1930. The van der Waals surface area contributed by atoms with Crippen LogP contribution in [0.5, 0.6) is 0 Å². The number of likely N-dealkylation sites (tertiary alicyclic amines) is 3. The third kappa shape index (κ3) is 6.78. The monoisotopic (exact) mass is 818 g/mol. The molecule has 4 heterocycles. The summed E-state index contributed by atoms with van der Waals surface area (Å²) in [6.07, 6.45) is 21.0. The highest BCUT2D eigenvalue weighted by Gasteiger charge is 2.62. The summed E-state index contributed by atoms with van der Waals surface area (Å²) in [5, 5.41) is 0. The fourth-order valence-electron chi connectivity index (χ4n) is 14.9. The number of halogens is 2. The standard InChI is InChI=1S/C54H73F2N3O/c1-42-18-6-7-28-51(42,47-23-4-2-5-24-47)58-35-16-21-45(40-58)43-19-14-25-48(38-43)52(29-9-8-27-50(52)32-37-60-50)59-36-17-22-46(41-59)44-20-15-26-49(39-44)53(57-33-12-3-13-34-57)30-10-11-31-54(53,55)56/h2,4-5,14-15,19-20,23-26,38-39,42,45-46H,3,6-13,16-18,21-22,27-37,40-41H2,1H3/t42?,45?,46?,50?,51-,52+,53+/m0/s1. The zero-order valence-corrected chi connectivity index (χ0v) is 36.8. The lowest BCUT2D eigenvalue weighted by atomic mass is 9.60. The molecule has 7 atom stereocenters. The summed E-state index contributed by atoms with van der Waals surface area (Å²) in [5.74, 6) is -1.26. The van der Waals surface area contributed by atoms with Crippen molar-refractivity contribution >= 4 is 0 Å². The molecule has 0 N–H and O–H groups in total. The lowest BCUT2D eigenvalue weighted by Gasteiger charge is -2.63. The maximum atomic E-state index is 16.6. The molecule has 10 rings (SSSR count). The molecule has 6 heteroatoms. The summed E-state index contributed by atoms with van der Waals surface area (Å²) < 4.78 is 40.1. The van der Waals surface area contributed by atoms with Crippen LogP contribution >= 0.6 is 0 Å². The predicted molar refractivity (Wildman–Crippen MR) is 240 cm³/mol. The third-order valence-electron chi connectivity index (χ3n) is 17.9. The van der Waals surface area contributed by atoms with Crippen LogP contribution in [0.1, 0.15) is 175 Å². The van der Waals surface area contributed by atoms with Crippen LogP contribution in [0.15, 0.2) is 78.9 Å². The van der Waals surface area contributed by atoms with Gasteiger partial charge in [-0.2, -0.15) is 0 Å². The van der Waals surface area contributed by atoms with Gasteiger partial charge in [-0.05, 0) is 149 Å². The van der Waals surface area contributed by atoms with Crippen LogP contribution in [-0.2, 0) is 21.4 Å². The normalized spacial score (nSPS) is 37.1. The topological polar surface area (TPSA) is 19.0 Å². The van der Waals surface area contributed by atoms with E-state index in [0.29, 0.717) is 30.6 Å². The van der Waals surface area contributed by atoms with Gasteiger partial charge in [0.1, 0.15) is 5.54 Å². The third-order valence-corrected chi connectivity index (χ3v) is 17.9. The molecule has 0 aromatic heterocycles. The number of hydrogen-bond acceptors (Lipinski definition) is 4. The van der Waals surface area contributed by atoms with E-state index in [1.54, 1.807) is 0 Å². The van der Waals surface area contributed by atoms with E-state index in [1.807, 2.05) is 0 Å². The molecular weight excluding hydrogens is 745 g/mol. The van der Waals surface area contributed by atoms with Crippen LogP contribution < -0.4 is 0 Å². The fraction of sp³-hybridized carbons (Fsp3) is 0.667. The van der Waals surface area contributed by atoms with E-state index < -0.39 is 11.5 Å². The minimum atomic E-state index is -2.73. The Balaban J connectivity index is 0.974. The average molecular weight is 818 g/mol. The fourth-order valence-corrected chi connectivity index (χ4v) is 14.9. The minimum Gasteiger partial charge on any atom is -0.372 e. The number of rotatable bonds is 8. The molecule has 3 aliphatic carbocycles. The maximum Gasteiger partial charge on any atom is 0.270 e. The summed E-state index contributed by atoms with van der Waals surface area (Å²) in [6.45, 7) is 9.28. The van der Waals surface area contributed by atoms with Crippen LogP contribution in [0, 0.1) is 5.92 Å². The summed E-state index contributed by atoms with van der Waals surface area (Å²) in [4.78, 5) is 8.02. The van der Waals surface area contributed by atoms with Crippen LogP contribution in [-0.4, -0.2) is 72.1 Å². The molecular formula is C54H73F2N3O. The number of hydrogen-bond donors (Lipinski definition) is 0.